The summed E-state index contributed by atoms with van der Waals surface area (Å²) in [5.74, 6) is 0.635. The van der Waals surface area contributed by atoms with E-state index in [0.717, 1.165) is 51.1 Å². The van der Waals surface area contributed by atoms with Crippen molar-refractivity contribution in [3.05, 3.63) is 23.3 Å². The number of ether oxygens (including phenoxy) is 2. The molecule has 0 radical (unpaired) electrons. The fraction of sp³-hybridized carbons (Fsp3) is 0.741. The number of likely N-dealkylation sites (tertiary alicyclic amines) is 2. The third-order valence-corrected chi connectivity index (χ3v) is 10.5. The van der Waals surface area contributed by atoms with Crippen molar-refractivity contribution in [1.82, 2.24) is 19.0 Å². The van der Waals surface area contributed by atoms with Gasteiger partial charge in [-0.1, -0.05) is 6.92 Å². The minimum atomic E-state index is -3.60. The number of fused-ring (bicyclic) bond motifs is 1. The fourth-order valence-electron chi connectivity index (χ4n) is 6.07. The molecule has 1 aromatic carbocycles. The molecule has 37 heavy (non-hydrogen) atoms. The summed E-state index contributed by atoms with van der Waals surface area (Å²) in [6.07, 6.45) is 5.17. The highest BCUT2D eigenvalue weighted by molar-refractivity contribution is 7.89. The molecule has 4 rings (SSSR count). The Morgan fingerprint density at radius 3 is 2.59 bits per heavy atom. The number of sulfonamides is 1. The van der Waals surface area contributed by atoms with Gasteiger partial charge >= 0.3 is 0 Å². The molecule has 0 aromatic heterocycles. The van der Waals surface area contributed by atoms with Crippen LogP contribution in [0.5, 0.6) is 5.75 Å². The van der Waals surface area contributed by atoms with E-state index in [1.807, 2.05) is 18.0 Å². The van der Waals surface area contributed by atoms with Crippen LogP contribution in [0.25, 0.3) is 0 Å². The quantitative estimate of drug-likeness (QED) is 0.447. The Morgan fingerprint density at radius 2 is 1.89 bits per heavy atom. The standard InChI is InChI=1S/C27H44N4O5S/c1-5-29-12-9-23(10-13-29)30-11-6-7-24(19-30)28(3)26(32)20-36-16-15-31-14-8-22-18-25(35-4)17-21(2)27(22)37(31,33)34/h17-18,23-24H,5-16,19-20H2,1-4H3. The van der Waals surface area contributed by atoms with E-state index in [4.69, 9.17) is 9.47 Å². The Balaban J connectivity index is 1.24. The highest BCUT2D eigenvalue weighted by atomic mass is 32.2. The number of nitrogens with zero attached hydrogens (tertiary/aromatic N) is 4. The van der Waals surface area contributed by atoms with E-state index in [1.165, 1.54) is 17.1 Å². The maximum absolute atomic E-state index is 13.2. The zero-order chi connectivity index (χ0) is 26.6. The van der Waals surface area contributed by atoms with Gasteiger partial charge in [-0.05, 0) is 88.5 Å². The van der Waals surface area contributed by atoms with Crippen molar-refractivity contribution in [2.75, 3.05) is 73.2 Å². The van der Waals surface area contributed by atoms with Crippen LogP contribution in [0.4, 0.5) is 0 Å². The number of carbonyl (C=O) groups excluding carboxylic acids is 1. The average Bonchev–Trinajstić information content (AvgIpc) is 2.91. The summed E-state index contributed by atoms with van der Waals surface area (Å²) in [5.41, 5.74) is 1.48. The van der Waals surface area contributed by atoms with E-state index >= 15 is 0 Å². The first-order chi connectivity index (χ1) is 17.7. The van der Waals surface area contributed by atoms with Crippen molar-refractivity contribution in [3.63, 3.8) is 0 Å². The van der Waals surface area contributed by atoms with E-state index in [1.54, 1.807) is 20.1 Å². The van der Waals surface area contributed by atoms with Crippen LogP contribution in [-0.2, 0) is 26.0 Å². The van der Waals surface area contributed by atoms with Crippen LogP contribution in [0.3, 0.4) is 0 Å². The van der Waals surface area contributed by atoms with Gasteiger partial charge in [-0.15, -0.1) is 0 Å². The number of benzene rings is 1. The van der Waals surface area contributed by atoms with Crippen molar-refractivity contribution in [3.8, 4) is 5.75 Å². The van der Waals surface area contributed by atoms with Crippen LogP contribution in [-0.4, -0.2) is 119 Å². The molecule has 3 aliphatic heterocycles. The van der Waals surface area contributed by atoms with Crippen LogP contribution >= 0.6 is 0 Å². The molecule has 0 N–H and O–H groups in total. The second-order valence-electron chi connectivity index (χ2n) is 10.6. The first-order valence-electron chi connectivity index (χ1n) is 13.7. The Hall–Kier alpha value is -1.72. The molecule has 1 amide bonds. The van der Waals surface area contributed by atoms with Crippen LogP contribution < -0.4 is 4.74 Å². The number of carbonyl (C=O) groups is 1. The minimum Gasteiger partial charge on any atom is -0.497 e. The van der Waals surface area contributed by atoms with Gasteiger partial charge in [0.2, 0.25) is 15.9 Å². The third-order valence-electron chi connectivity index (χ3n) is 8.39. The number of aryl methyl sites for hydroxylation is 1. The van der Waals surface area contributed by atoms with Gasteiger partial charge in [0.05, 0.1) is 18.6 Å². The Labute approximate surface area is 222 Å². The molecule has 1 atom stereocenters. The molecule has 0 aliphatic carbocycles. The highest BCUT2D eigenvalue weighted by Gasteiger charge is 2.34. The Bertz CT molecular complexity index is 1040. The monoisotopic (exact) mass is 536 g/mol. The summed E-state index contributed by atoms with van der Waals surface area (Å²) in [5, 5.41) is 0. The van der Waals surface area contributed by atoms with Gasteiger partial charge in [0, 0.05) is 38.8 Å². The van der Waals surface area contributed by atoms with Gasteiger partial charge in [0.1, 0.15) is 12.4 Å². The molecule has 0 saturated carbocycles. The van der Waals surface area contributed by atoms with Gasteiger partial charge in [0.25, 0.3) is 0 Å². The molecule has 2 fully saturated rings. The maximum Gasteiger partial charge on any atom is 0.248 e. The normalized spacial score (nSPS) is 23.5. The van der Waals surface area contributed by atoms with Gasteiger partial charge in [-0.2, -0.15) is 4.31 Å². The van der Waals surface area contributed by atoms with E-state index in [-0.39, 0.29) is 31.7 Å². The SMILES string of the molecule is CCN1CCC(N2CCCC(N(C)C(=O)COCCN3CCc4cc(OC)cc(C)c4S3(=O)=O)C2)CC1. The first kappa shape index (κ1) is 28.3. The molecular formula is C27H44N4O5S. The lowest BCUT2D eigenvalue weighted by Gasteiger charge is -2.44. The topological polar surface area (TPSA) is 82.6 Å². The third kappa shape index (κ3) is 6.47. The molecule has 1 unspecified atom stereocenters. The van der Waals surface area contributed by atoms with Gasteiger partial charge < -0.3 is 19.3 Å². The number of hydrogen-bond donors (Lipinski definition) is 0. The van der Waals surface area contributed by atoms with Crippen molar-refractivity contribution in [2.45, 2.75) is 62.9 Å². The molecular weight excluding hydrogens is 492 g/mol. The lowest BCUT2D eigenvalue weighted by atomic mass is 9.97. The number of amides is 1. The molecule has 2 saturated heterocycles. The molecule has 0 spiro atoms. The van der Waals surface area contributed by atoms with Gasteiger partial charge in [-0.3, -0.25) is 9.69 Å². The van der Waals surface area contributed by atoms with Crippen molar-refractivity contribution in [2.24, 2.45) is 0 Å². The zero-order valence-electron chi connectivity index (χ0n) is 22.9. The largest absolute Gasteiger partial charge is 0.497 e. The highest BCUT2D eigenvalue weighted by Crippen LogP contribution is 2.32. The Kier molecular flexibility index (Phi) is 9.50. The lowest BCUT2D eigenvalue weighted by molar-refractivity contribution is -0.138. The van der Waals surface area contributed by atoms with E-state index in [0.29, 0.717) is 35.2 Å². The van der Waals surface area contributed by atoms with Gasteiger partial charge in [0.15, 0.2) is 0 Å². The van der Waals surface area contributed by atoms with Crippen LogP contribution in [0.1, 0.15) is 43.7 Å². The van der Waals surface area contributed by atoms with E-state index in [2.05, 4.69) is 16.7 Å². The molecule has 10 heteroatoms. The minimum absolute atomic E-state index is 0.0252. The van der Waals surface area contributed by atoms with Gasteiger partial charge in [-0.25, -0.2) is 8.42 Å². The summed E-state index contributed by atoms with van der Waals surface area (Å²) < 4.78 is 38.9. The lowest BCUT2D eigenvalue weighted by Crippen LogP contribution is -2.54. The molecule has 3 heterocycles. The average molecular weight is 537 g/mol. The van der Waals surface area contributed by atoms with E-state index in [9.17, 15) is 13.2 Å². The second-order valence-corrected chi connectivity index (χ2v) is 12.5. The summed E-state index contributed by atoms with van der Waals surface area (Å²) in [6, 6.07) is 4.38. The first-order valence-corrected chi connectivity index (χ1v) is 15.2. The predicted molar refractivity (Wildman–Crippen MR) is 144 cm³/mol. The van der Waals surface area contributed by atoms with Crippen LogP contribution in [0.2, 0.25) is 0 Å². The smallest absolute Gasteiger partial charge is 0.248 e. The summed E-state index contributed by atoms with van der Waals surface area (Å²) in [7, 11) is -0.138. The number of methoxy groups -OCH3 is 1. The summed E-state index contributed by atoms with van der Waals surface area (Å²) in [4.78, 5) is 20.2. The predicted octanol–water partition coefficient (Wildman–Crippen LogP) is 1.97. The van der Waals surface area contributed by atoms with Crippen molar-refractivity contribution < 1.29 is 22.7 Å². The van der Waals surface area contributed by atoms with Crippen LogP contribution in [0, 0.1) is 6.92 Å². The number of piperidine rings is 2. The van der Waals surface area contributed by atoms with Crippen LogP contribution in [0.15, 0.2) is 17.0 Å². The molecule has 0 bridgehead atoms. The maximum atomic E-state index is 13.2. The number of hydrogen-bond acceptors (Lipinski definition) is 7. The summed E-state index contributed by atoms with van der Waals surface area (Å²) >= 11 is 0. The van der Waals surface area contributed by atoms with Crippen molar-refractivity contribution in [1.29, 1.82) is 0 Å². The molecule has 208 valence electrons. The molecule has 9 nitrogen and oxygen atoms in total. The number of likely N-dealkylation sites (N-methyl/N-ethyl adjacent to an activating group) is 1. The second kappa shape index (κ2) is 12.4. The zero-order valence-corrected chi connectivity index (χ0v) is 23.8. The number of rotatable bonds is 9. The van der Waals surface area contributed by atoms with Crippen molar-refractivity contribution >= 4 is 15.9 Å². The Morgan fingerprint density at radius 1 is 1.14 bits per heavy atom. The molecule has 1 aromatic rings. The van der Waals surface area contributed by atoms with E-state index < -0.39 is 10.0 Å². The summed E-state index contributed by atoms with van der Waals surface area (Å²) in [6.45, 7) is 10.3. The molecule has 3 aliphatic rings. The fourth-order valence-corrected chi connectivity index (χ4v) is 7.94.